The van der Waals surface area contributed by atoms with Crippen molar-refractivity contribution in [1.82, 2.24) is 5.43 Å². The fourth-order valence-electron chi connectivity index (χ4n) is 2.47. The summed E-state index contributed by atoms with van der Waals surface area (Å²) in [5.41, 5.74) is 3.57. The molecule has 0 bridgehead atoms. The SMILES string of the molecule is CCOc1ccc(N(C(C)C(=O)NN=Cc2ccccc2)S(C)(=O)=O)cc1. The Balaban J connectivity index is 2.15. The predicted octanol–water partition coefficient (Wildman–Crippen LogP) is 2.39. The van der Waals surface area contributed by atoms with E-state index in [4.69, 9.17) is 4.74 Å². The molecule has 0 aliphatic carbocycles. The Labute approximate surface area is 159 Å². The Kier molecular flexibility index (Phi) is 6.95. The zero-order valence-corrected chi connectivity index (χ0v) is 16.3. The molecule has 1 atom stereocenters. The van der Waals surface area contributed by atoms with Crippen molar-refractivity contribution in [2.24, 2.45) is 5.10 Å². The van der Waals surface area contributed by atoms with Crippen LogP contribution >= 0.6 is 0 Å². The lowest BCUT2D eigenvalue weighted by Gasteiger charge is -2.27. The number of nitrogens with one attached hydrogen (secondary N) is 1. The van der Waals surface area contributed by atoms with Crippen LogP contribution in [0.3, 0.4) is 0 Å². The van der Waals surface area contributed by atoms with Gasteiger partial charge in [0.15, 0.2) is 0 Å². The fraction of sp³-hybridized carbons (Fsp3) is 0.263. The minimum atomic E-state index is -3.68. The van der Waals surface area contributed by atoms with Crippen LogP contribution in [0, 0.1) is 0 Å². The van der Waals surface area contributed by atoms with E-state index in [-0.39, 0.29) is 0 Å². The number of hydrogen-bond donors (Lipinski definition) is 1. The molecule has 0 aromatic heterocycles. The van der Waals surface area contributed by atoms with Crippen molar-refractivity contribution in [3.63, 3.8) is 0 Å². The van der Waals surface area contributed by atoms with Gasteiger partial charge >= 0.3 is 0 Å². The second-order valence-corrected chi connectivity index (χ2v) is 7.67. The molecule has 1 N–H and O–H groups in total. The standard InChI is InChI=1S/C19H23N3O4S/c1-4-26-18-12-10-17(11-13-18)22(27(3,24)25)15(2)19(23)21-20-14-16-8-6-5-7-9-16/h5-15H,4H2,1-3H3,(H,21,23). The Bertz CT molecular complexity index is 881. The Morgan fingerprint density at radius 3 is 2.37 bits per heavy atom. The first-order valence-corrected chi connectivity index (χ1v) is 10.3. The van der Waals surface area contributed by atoms with Gasteiger partial charge in [0.1, 0.15) is 11.8 Å². The van der Waals surface area contributed by atoms with E-state index in [1.165, 1.54) is 13.1 Å². The molecule has 27 heavy (non-hydrogen) atoms. The first-order chi connectivity index (χ1) is 12.8. The van der Waals surface area contributed by atoms with Crippen LogP contribution in [0.25, 0.3) is 0 Å². The Morgan fingerprint density at radius 2 is 1.81 bits per heavy atom. The van der Waals surface area contributed by atoms with Gasteiger partial charge in [-0.05, 0) is 43.7 Å². The summed E-state index contributed by atoms with van der Waals surface area (Å²) in [6, 6.07) is 14.8. The minimum Gasteiger partial charge on any atom is -0.494 e. The van der Waals surface area contributed by atoms with E-state index in [2.05, 4.69) is 10.5 Å². The molecule has 144 valence electrons. The van der Waals surface area contributed by atoms with Gasteiger partial charge in [0.2, 0.25) is 10.0 Å². The number of sulfonamides is 1. The molecule has 0 saturated heterocycles. The average molecular weight is 389 g/mol. The highest BCUT2D eigenvalue weighted by molar-refractivity contribution is 7.92. The van der Waals surface area contributed by atoms with Gasteiger partial charge in [0.05, 0.1) is 24.8 Å². The van der Waals surface area contributed by atoms with Gasteiger partial charge < -0.3 is 4.74 Å². The molecule has 2 aromatic carbocycles. The van der Waals surface area contributed by atoms with Crippen molar-refractivity contribution in [1.29, 1.82) is 0 Å². The van der Waals surface area contributed by atoms with Gasteiger partial charge in [-0.3, -0.25) is 9.10 Å². The van der Waals surface area contributed by atoms with Crippen molar-refractivity contribution in [3.8, 4) is 5.75 Å². The van der Waals surface area contributed by atoms with Gasteiger partial charge in [0, 0.05) is 0 Å². The van der Waals surface area contributed by atoms with Crippen LogP contribution < -0.4 is 14.5 Å². The molecule has 0 aliphatic heterocycles. The number of benzene rings is 2. The molecule has 2 rings (SSSR count). The molecule has 0 saturated carbocycles. The van der Waals surface area contributed by atoms with Gasteiger partial charge in [-0.25, -0.2) is 13.8 Å². The number of ether oxygens (including phenoxy) is 1. The second-order valence-electron chi connectivity index (χ2n) is 5.81. The molecule has 1 amide bonds. The lowest BCUT2D eigenvalue weighted by Crippen LogP contribution is -2.46. The van der Waals surface area contributed by atoms with Crippen molar-refractivity contribution >= 4 is 27.8 Å². The van der Waals surface area contributed by atoms with Crippen LogP contribution in [0.2, 0.25) is 0 Å². The lowest BCUT2D eigenvalue weighted by molar-refractivity contribution is -0.121. The summed E-state index contributed by atoms with van der Waals surface area (Å²) in [4.78, 5) is 12.4. The largest absolute Gasteiger partial charge is 0.494 e. The maximum Gasteiger partial charge on any atom is 0.263 e. The molecule has 0 spiro atoms. The zero-order chi connectivity index (χ0) is 19.9. The molecular weight excluding hydrogens is 366 g/mol. The number of hydrogen-bond acceptors (Lipinski definition) is 5. The fourth-order valence-corrected chi connectivity index (χ4v) is 3.64. The second kappa shape index (κ2) is 9.18. The Hall–Kier alpha value is -2.87. The summed E-state index contributed by atoms with van der Waals surface area (Å²) in [6.45, 7) is 3.87. The normalized spacial score (nSPS) is 12.6. The van der Waals surface area contributed by atoms with Gasteiger partial charge in [0.25, 0.3) is 5.91 Å². The van der Waals surface area contributed by atoms with Crippen LogP contribution in [0.5, 0.6) is 5.75 Å². The summed E-state index contributed by atoms with van der Waals surface area (Å²) in [5, 5.41) is 3.89. The minimum absolute atomic E-state index is 0.371. The van der Waals surface area contributed by atoms with Gasteiger partial charge in [-0.2, -0.15) is 5.10 Å². The zero-order valence-electron chi connectivity index (χ0n) is 15.5. The maximum absolute atomic E-state index is 12.4. The van der Waals surface area contributed by atoms with Gasteiger partial charge in [-0.15, -0.1) is 0 Å². The van der Waals surface area contributed by atoms with Crippen LogP contribution in [0.4, 0.5) is 5.69 Å². The number of anilines is 1. The number of carbonyl (C=O) groups is 1. The van der Waals surface area contributed by atoms with Crippen LogP contribution in [-0.4, -0.2) is 39.4 Å². The highest BCUT2D eigenvalue weighted by Gasteiger charge is 2.29. The molecule has 0 fully saturated rings. The number of carbonyl (C=O) groups excluding carboxylic acids is 1. The quantitative estimate of drug-likeness (QED) is 0.555. The van der Waals surface area contributed by atoms with Crippen molar-refractivity contribution in [3.05, 3.63) is 60.2 Å². The maximum atomic E-state index is 12.4. The van der Waals surface area contributed by atoms with Crippen molar-refractivity contribution < 1.29 is 17.9 Å². The van der Waals surface area contributed by atoms with E-state index in [0.717, 1.165) is 16.1 Å². The van der Waals surface area contributed by atoms with Crippen LogP contribution in [-0.2, 0) is 14.8 Å². The third-order valence-electron chi connectivity index (χ3n) is 3.68. The van der Waals surface area contributed by atoms with E-state index in [1.54, 1.807) is 24.3 Å². The van der Waals surface area contributed by atoms with Gasteiger partial charge in [-0.1, -0.05) is 30.3 Å². The lowest BCUT2D eigenvalue weighted by atomic mass is 10.2. The van der Waals surface area contributed by atoms with Crippen LogP contribution in [0.15, 0.2) is 59.7 Å². The van der Waals surface area contributed by atoms with E-state index in [0.29, 0.717) is 18.0 Å². The monoisotopic (exact) mass is 389 g/mol. The number of rotatable bonds is 8. The third kappa shape index (κ3) is 5.82. The first kappa shape index (κ1) is 20.4. The highest BCUT2D eigenvalue weighted by Crippen LogP contribution is 2.24. The topological polar surface area (TPSA) is 88.1 Å². The number of nitrogens with zero attached hydrogens (tertiary/aromatic N) is 2. The first-order valence-electron chi connectivity index (χ1n) is 8.43. The molecule has 8 heteroatoms. The summed E-state index contributed by atoms with van der Waals surface area (Å²) in [7, 11) is -3.68. The number of hydrazone groups is 1. The predicted molar refractivity (Wildman–Crippen MR) is 107 cm³/mol. The summed E-state index contributed by atoms with van der Waals surface area (Å²) >= 11 is 0. The third-order valence-corrected chi connectivity index (χ3v) is 4.92. The van der Waals surface area contributed by atoms with E-state index in [9.17, 15) is 13.2 Å². The smallest absolute Gasteiger partial charge is 0.263 e. The molecule has 0 radical (unpaired) electrons. The Morgan fingerprint density at radius 1 is 1.19 bits per heavy atom. The molecule has 0 heterocycles. The van der Waals surface area contributed by atoms with Crippen molar-refractivity contribution in [2.45, 2.75) is 19.9 Å². The van der Waals surface area contributed by atoms with Crippen molar-refractivity contribution in [2.75, 3.05) is 17.2 Å². The van der Waals surface area contributed by atoms with E-state index in [1.807, 2.05) is 37.3 Å². The summed E-state index contributed by atoms with van der Waals surface area (Å²) < 4.78 is 30.9. The van der Waals surface area contributed by atoms with E-state index >= 15 is 0 Å². The summed E-state index contributed by atoms with van der Waals surface area (Å²) in [6.07, 6.45) is 2.55. The highest BCUT2D eigenvalue weighted by atomic mass is 32.2. The molecule has 2 aromatic rings. The molecule has 0 aliphatic rings. The summed E-state index contributed by atoms with van der Waals surface area (Å²) in [5.74, 6) is 0.0840. The van der Waals surface area contributed by atoms with Crippen LogP contribution in [0.1, 0.15) is 19.4 Å². The molecular formula is C19H23N3O4S. The molecule has 1 unspecified atom stereocenters. The molecule has 7 nitrogen and oxygen atoms in total. The average Bonchev–Trinajstić information content (AvgIpc) is 2.63. The van der Waals surface area contributed by atoms with E-state index < -0.39 is 22.0 Å². The number of amides is 1.